The molecule has 2 fully saturated rings. The van der Waals surface area contributed by atoms with Crippen LogP contribution in [0.2, 0.25) is 0 Å². The Morgan fingerprint density at radius 2 is 2.00 bits per heavy atom. The summed E-state index contributed by atoms with van der Waals surface area (Å²) in [6.07, 6.45) is 3.67. The SMILES string of the molecule is O=C(CN1CCCCCC1=O)N[C@@H]1CC[C@@H](Oc2ccccc2)[C@@H]1O. The lowest BCUT2D eigenvalue weighted by Gasteiger charge is -2.24. The molecule has 1 aliphatic heterocycles. The third-order valence-corrected chi connectivity index (χ3v) is 4.94. The summed E-state index contributed by atoms with van der Waals surface area (Å²) in [7, 11) is 0. The number of aliphatic hydroxyl groups excluding tert-OH is 1. The van der Waals surface area contributed by atoms with Crippen molar-refractivity contribution in [2.24, 2.45) is 0 Å². The number of para-hydroxylation sites is 1. The van der Waals surface area contributed by atoms with Gasteiger partial charge in [-0.3, -0.25) is 9.59 Å². The molecule has 2 aliphatic rings. The van der Waals surface area contributed by atoms with Gasteiger partial charge in [-0.15, -0.1) is 0 Å². The average molecular weight is 346 g/mol. The lowest BCUT2D eigenvalue weighted by molar-refractivity contribution is -0.136. The van der Waals surface area contributed by atoms with Gasteiger partial charge in [-0.05, 0) is 37.8 Å². The van der Waals surface area contributed by atoms with E-state index in [4.69, 9.17) is 4.74 Å². The van der Waals surface area contributed by atoms with Crippen LogP contribution >= 0.6 is 0 Å². The highest BCUT2D eigenvalue weighted by Crippen LogP contribution is 2.25. The van der Waals surface area contributed by atoms with Gasteiger partial charge in [0.1, 0.15) is 18.0 Å². The van der Waals surface area contributed by atoms with Crippen molar-refractivity contribution in [2.75, 3.05) is 13.1 Å². The van der Waals surface area contributed by atoms with Crippen molar-refractivity contribution in [1.82, 2.24) is 10.2 Å². The van der Waals surface area contributed by atoms with E-state index in [1.54, 1.807) is 4.90 Å². The first-order valence-corrected chi connectivity index (χ1v) is 9.10. The molecule has 25 heavy (non-hydrogen) atoms. The van der Waals surface area contributed by atoms with Gasteiger partial charge in [0.05, 0.1) is 12.6 Å². The quantitative estimate of drug-likeness (QED) is 0.846. The summed E-state index contributed by atoms with van der Waals surface area (Å²) >= 11 is 0. The highest BCUT2D eigenvalue weighted by molar-refractivity contribution is 5.85. The number of nitrogens with one attached hydrogen (secondary N) is 1. The van der Waals surface area contributed by atoms with Gasteiger partial charge in [-0.2, -0.15) is 0 Å². The normalized spacial score (nSPS) is 27.0. The van der Waals surface area contributed by atoms with Crippen LogP contribution in [0.15, 0.2) is 30.3 Å². The zero-order valence-electron chi connectivity index (χ0n) is 14.4. The predicted octanol–water partition coefficient (Wildman–Crippen LogP) is 1.48. The molecule has 2 amide bonds. The number of hydrogen-bond donors (Lipinski definition) is 2. The number of benzene rings is 1. The van der Waals surface area contributed by atoms with Crippen molar-refractivity contribution in [2.45, 2.75) is 56.8 Å². The molecule has 6 heteroatoms. The lowest BCUT2D eigenvalue weighted by atomic mass is 10.2. The Morgan fingerprint density at radius 3 is 2.80 bits per heavy atom. The molecule has 3 rings (SSSR count). The Kier molecular flexibility index (Phi) is 5.91. The van der Waals surface area contributed by atoms with Gasteiger partial charge >= 0.3 is 0 Å². The van der Waals surface area contributed by atoms with Crippen molar-refractivity contribution in [3.63, 3.8) is 0 Å². The summed E-state index contributed by atoms with van der Waals surface area (Å²) < 4.78 is 5.82. The fraction of sp³-hybridized carbons (Fsp3) is 0.579. The lowest BCUT2D eigenvalue weighted by Crippen LogP contribution is -2.48. The highest BCUT2D eigenvalue weighted by atomic mass is 16.5. The van der Waals surface area contributed by atoms with Gasteiger partial charge in [0.2, 0.25) is 11.8 Å². The first kappa shape index (κ1) is 17.7. The van der Waals surface area contributed by atoms with E-state index in [1.807, 2.05) is 30.3 Å². The van der Waals surface area contributed by atoms with Gasteiger partial charge in [0.25, 0.3) is 0 Å². The highest BCUT2D eigenvalue weighted by Gasteiger charge is 2.37. The number of amides is 2. The number of nitrogens with zero attached hydrogens (tertiary/aromatic N) is 1. The zero-order chi connectivity index (χ0) is 17.6. The van der Waals surface area contributed by atoms with Crippen LogP contribution in [0.4, 0.5) is 0 Å². The van der Waals surface area contributed by atoms with E-state index in [0.29, 0.717) is 31.6 Å². The number of rotatable bonds is 5. The van der Waals surface area contributed by atoms with Crippen molar-refractivity contribution >= 4 is 11.8 Å². The number of likely N-dealkylation sites (tertiary alicyclic amines) is 1. The van der Waals surface area contributed by atoms with Crippen LogP contribution in [-0.2, 0) is 9.59 Å². The Hall–Kier alpha value is -2.08. The van der Waals surface area contributed by atoms with E-state index in [9.17, 15) is 14.7 Å². The fourth-order valence-electron chi connectivity index (χ4n) is 3.54. The second-order valence-corrected chi connectivity index (χ2v) is 6.84. The summed E-state index contributed by atoms with van der Waals surface area (Å²) in [5.74, 6) is 0.554. The first-order chi connectivity index (χ1) is 12.1. The Bertz CT molecular complexity index is 592. The summed E-state index contributed by atoms with van der Waals surface area (Å²) in [6, 6.07) is 9.05. The molecule has 1 aliphatic carbocycles. The third kappa shape index (κ3) is 4.72. The maximum Gasteiger partial charge on any atom is 0.239 e. The minimum atomic E-state index is -0.746. The Labute approximate surface area is 148 Å². The molecule has 0 unspecified atom stereocenters. The summed E-state index contributed by atoms with van der Waals surface area (Å²) in [5, 5.41) is 13.3. The van der Waals surface area contributed by atoms with Crippen LogP contribution < -0.4 is 10.1 Å². The van der Waals surface area contributed by atoms with Gasteiger partial charge in [-0.1, -0.05) is 24.6 Å². The molecule has 2 N–H and O–H groups in total. The van der Waals surface area contributed by atoms with E-state index < -0.39 is 6.10 Å². The van der Waals surface area contributed by atoms with Crippen LogP contribution in [0.5, 0.6) is 5.75 Å². The molecule has 1 saturated heterocycles. The number of ether oxygens (including phenoxy) is 1. The van der Waals surface area contributed by atoms with Crippen LogP contribution in [0.1, 0.15) is 38.5 Å². The molecular formula is C19H26N2O4. The molecule has 1 heterocycles. The monoisotopic (exact) mass is 346 g/mol. The Morgan fingerprint density at radius 1 is 1.20 bits per heavy atom. The molecule has 0 bridgehead atoms. The molecule has 1 aromatic rings. The second kappa shape index (κ2) is 8.34. The summed E-state index contributed by atoms with van der Waals surface area (Å²) in [4.78, 5) is 25.9. The molecule has 136 valence electrons. The maximum atomic E-state index is 12.3. The standard InChI is InChI=1S/C19H26N2O4/c22-17(13-21-12-6-2-5-9-18(21)23)20-15-10-11-16(19(15)24)25-14-7-3-1-4-8-14/h1,3-4,7-8,15-16,19,24H,2,5-6,9-13H2,(H,20,22)/t15-,16-,19-/m1/s1. The molecule has 0 aromatic heterocycles. The minimum Gasteiger partial charge on any atom is -0.488 e. The van der Waals surface area contributed by atoms with Crippen molar-refractivity contribution in [3.05, 3.63) is 30.3 Å². The van der Waals surface area contributed by atoms with Crippen molar-refractivity contribution < 1.29 is 19.4 Å². The van der Waals surface area contributed by atoms with E-state index in [2.05, 4.69) is 5.32 Å². The van der Waals surface area contributed by atoms with Crippen LogP contribution in [-0.4, -0.2) is 53.2 Å². The molecule has 3 atom stereocenters. The molecule has 6 nitrogen and oxygen atoms in total. The van der Waals surface area contributed by atoms with Gasteiger partial charge in [-0.25, -0.2) is 0 Å². The van der Waals surface area contributed by atoms with Crippen LogP contribution in [0.3, 0.4) is 0 Å². The van der Waals surface area contributed by atoms with Gasteiger partial charge < -0.3 is 20.1 Å². The van der Waals surface area contributed by atoms with E-state index in [1.165, 1.54) is 0 Å². The zero-order valence-corrected chi connectivity index (χ0v) is 14.4. The molecule has 0 radical (unpaired) electrons. The van der Waals surface area contributed by atoms with Crippen molar-refractivity contribution in [1.29, 1.82) is 0 Å². The molecule has 1 aromatic carbocycles. The molecule has 0 spiro atoms. The predicted molar refractivity (Wildman–Crippen MR) is 93.1 cm³/mol. The smallest absolute Gasteiger partial charge is 0.239 e. The number of aliphatic hydroxyl groups is 1. The van der Waals surface area contributed by atoms with E-state index >= 15 is 0 Å². The van der Waals surface area contributed by atoms with Gasteiger partial charge in [0, 0.05) is 13.0 Å². The minimum absolute atomic E-state index is 0.0462. The third-order valence-electron chi connectivity index (χ3n) is 4.94. The first-order valence-electron chi connectivity index (χ1n) is 9.10. The number of carbonyl (C=O) groups excluding carboxylic acids is 2. The summed E-state index contributed by atoms with van der Waals surface area (Å²) in [5.41, 5.74) is 0. The average Bonchev–Trinajstić information content (AvgIpc) is 2.81. The topological polar surface area (TPSA) is 78.9 Å². The fourth-order valence-corrected chi connectivity index (χ4v) is 3.54. The number of hydrogen-bond acceptors (Lipinski definition) is 4. The van der Waals surface area contributed by atoms with Gasteiger partial charge in [0.15, 0.2) is 0 Å². The van der Waals surface area contributed by atoms with Crippen molar-refractivity contribution in [3.8, 4) is 5.75 Å². The Balaban J connectivity index is 1.49. The summed E-state index contributed by atoms with van der Waals surface area (Å²) in [6.45, 7) is 0.714. The van der Waals surface area contributed by atoms with Crippen LogP contribution in [0.25, 0.3) is 0 Å². The molecule has 1 saturated carbocycles. The second-order valence-electron chi connectivity index (χ2n) is 6.84. The maximum absolute atomic E-state index is 12.3. The largest absolute Gasteiger partial charge is 0.488 e. The molecular weight excluding hydrogens is 320 g/mol. The van der Waals surface area contributed by atoms with Crippen LogP contribution in [0, 0.1) is 0 Å². The van der Waals surface area contributed by atoms with E-state index in [-0.39, 0.29) is 30.5 Å². The van der Waals surface area contributed by atoms with E-state index in [0.717, 1.165) is 19.3 Å². The number of carbonyl (C=O) groups is 2.